The normalized spacial score (nSPS) is 15.0. The molecule has 1 aliphatic carbocycles. The maximum Gasteiger partial charge on any atom is 0.260 e. The largest absolute Gasteiger partial charge is 0.302 e. The lowest BCUT2D eigenvalue weighted by Gasteiger charge is -2.30. The van der Waals surface area contributed by atoms with Gasteiger partial charge in [0, 0.05) is 36.6 Å². The number of carbonyl (C=O) groups is 1. The topological polar surface area (TPSA) is 73.8 Å². The van der Waals surface area contributed by atoms with E-state index in [1.54, 1.807) is 48.0 Å². The van der Waals surface area contributed by atoms with E-state index in [-0.39, 0.29) is 16.8 Å². The summed E-state index contributed by atoms with van der Waals surface area (Å²) in [5.74, 6) is -0.175. The van der Waals surface area contributed by atoms with Crippen molar-refractivity contribution in [2.75, 3.05) is 44.4 Å². The van der Waals surface area contributed by atoms with Crippen molar-refractivity contribution in [2.24, 2.45) is 0 Å². The molecule has 38 heavy (non-hydrogen) atoms. The fraction of sp³-hybridized carbons (Fsp3) is 0.500. The fourth-order valence-corrected chi connectivity index (χ4v) is 7.89. The van der Waals surface area contributed by atoms with Crippen LogP contribution < -0.4 is 4.90 Å². The number of carbonyl (C=O) groups excluding carboxylic acids is 1. The SMILES string of the molecule is CCN(CC)CCN(C(=O)c1ccc(S(=O)(=O)N(C)C2CCCCC2)cc1)c1nc2ccc(SC)cc2s1. The van der Waals surface area contributed by atoms with Crippen molar-refractivity contribution in [3.8, 4) is 0 Å². The zero-order valence-corrected chi connectivity index (χ0v) is 25.2. The number of benzene rings is 2. The number of nitrogens with zero attached hydrogens (tertiary/aromatic N) is 4. The van der Waals surface area contributed by atoms with Crippen LogP contribution in [0, 0.1) is 0 Å². The van der Waals surface area contributed by atoms with Crippen LogP contribution >= 0.6 is 23.1 Å². The number of aromatic nitrogens is 1. The van der Waals surface area contributed by atoms with Crippen molar-refractivity contribution < 1.29 is 13.2 Å². The van der Waals surface area contributed by atoms with Crippen LogP contribution in [0.5, 0.6) is 0 Å². The first kappa shape index (κ1) is 29.0. The van der Waals surface area contributed by atoms with E-state index < -0.39 is 10.0 Å². The lowest BCUT2D eigenvalue weighted by molar-refractivity contribution is 0.0983. The minimum atomic E-state index is -3.62. The number of hydrogen-bond donors (Lipinski definition) is 0. The summed E-state index contributed by atoms with van der Waals surface area (Å²) in [6, 6.07) is 12.6. The molecule has 0 unspecified atom stereocenters. The molecule has 0 radical (unpaired) electrons. The molecule has 1 heterocycles. The summed E-state index contributed by atoms with van der Waals surface area (Å²) < 4.78 is 29.1. The summed E-state index contributed by atoms with van der Waals surface area (Å²) in [6.45, 7) is 7.25. The Kier molecular flexibility index (Phi) is 9.86. The van der Waals surface area contributed by atoms with Crippen LogP contribution in [0.3, 0.4) is 0 Å². The standard InChI is InChI=1S/C28H38N4O3S3/c1-5-31(6-2)18-19-32(28-29-25-17-14-23(36-4)20-26(25)37-28)27(33)21-12-15-24(16-13-21)38(34,35)30(3)22-10-8-7-9-11-22/h12-17,20,22H,5-11,18-19H2,1-4H3. The van der Waals surface area contributed by atoms with Crippen molar-refractivity contribution >= 4 is 54.4 Å². The molecule has 0 bridgehead atoms. The van der Waals surface area contributed by atoms with Crippen LogP contribution in [0.2, 0.25) is 0 Å². The molecule has 1 aromatic heterocycles. The van der Waals surface area contributed by atoms with Gasteiger partial charge in [-0.25, -0.2) is 13.4 Å². The fourth-order valence-electron chi connectivity index (χ4n) is 4.93. The van der Waals surface area contributed by atoms with E-state index in [4.69, 9.17) is 4.98 Å². The molecule has 0 aliphatic heterocycles. The molecule has 0 atom stereocenters. The average molecular weight is 575 g/mol. The third kappa shape index (κ3) is 6.42. The van der Waals surface area contributed by atoms with E-state index >= 15 is 0 Å². The van der Waals surface area contributed by atoms with Gasteiger partial charge in [-0.3, -0.25) is 9.69 Å². The Morgan fingerprint density at radius 1 is 1.03 bits per heavy atom. The van der Waals surface area contributed by atoms with Gasteiger partial charge in [-0.2, -0.15) is 4.31 Å². The summed E-state index contributed by atoms with van der Waals surface area (Å²) in [4.78, 5) is 24.0. The molecular formula is C28H38N4O3S3. The number of likely N-dealkylation sites (N-methyl/N-ethyl adjacent to an activating group) is 1. The van der Waals surface area contributed by atoms with Crippen molar-refractivity contribution in [1.29, 1.82) is 0 Å². The molecular weight excluding hydrogens is 537 g/mol. The summed E-state index contributed by atoms with van der Waals surface area (Å²) >= 11 is 3.19. The lowest BCUT2D eigenvalue weighted by atomic mass is 9.96. The molecule has 4 rings (SSSR count). The third-order valence-corrected chi connectivity index (χ3v) is 11.2. The molecule has 10 heteroatoms. The molecule has 0 saturated heterocycles. The Hall–Kier alpha value is -1.98. The van der Waals surface area contributed by atoms with Crippen LogP contribution in [-0.4, -0.2) is 74.0 Å². The summed E-state index contributed by atoms with van der Waals surface area (Å²) in [5, 5.41) is 0.657. The van der Waals surface area contributed by atoms with Gasteiger partial charge in [-0.05, 0) is 74.7 Å². The summed E-state index contributed by atoms with van der Waals surface area (Å²) in [6.07, 6.45) is 7.12. The monoisotopic (exact) mass is 574 g/mol. The molecule has 206 valence electrons. The van der Waals surface area contributed by atoms with E-state index in [0.717, 1.165) is 60.4 Å². The molecule has 1 fully saturated rings. The number of fused-ring (bicyclic) bond motifs is 1. The van der Waals surface area contributed by atoms with Gasteiger partial charge in [0.15, 0.2) is 5.13 Å². The smallest absolute Gasteiger partial charge is 0.260 e. The zero-order chi connectivity index (χ0) is 27.3. The zero-order valence-electron chi connectivity index (χ0n) is 22.7. The number of rotatable bonds is 11. The first-order chi connectivity index (χ1) is 18.3. The molecule has 1 saturated carbocycles. The molecule has 7 nitrogen and oxygen atoms in total. The molecule has 3 aromatic rings. The Bertz CT molecular complexity index is 1330. The van der Waals surface area contributed by atoms with Crippen LogP contribution in [-0.2, 0) is 10.0 Å². The number of sulfonamides is 1. The maximum absolute atomic E-state index is 13.8. The van der Waals surface area contributed by atoms with Gasteiger partial charge >= 0.3 is 0 Å². The van der Waals surface area contributed by atoms with E-state index in [1.165, 1.54) is 22.1 Å². The molecule has 2 aromatic carbocycles. The third-order valence-electron chi connectivity index (χ3n) is 7.46. The maximum atomic E-state index is 13.8. The van der Waals surface area contributed by atoms with Gasteiger partial charge < -0.3 is 4.90 Å². The molecule has 1 amide bonds. The van der Waals surface area contributed by atoms with Crippen molar-refractivity contribution in [2.45, 2.75) is 61.8 Å². The summed E-state index contributed by atoms with van der Waals surface area (Å²) in [5.41, 5.74) is 1.32. The second kappa shape index (κ2) is 12.9. The van der Waals surface area contributed by atoms with Crippen LogP contribution in [0.1, 0.15) is 56.3 Å². The van der Waals surface area contributed by atoms with Crippen molar-refractivity contribution in [1.82, 2.24) is 14.2 Å². The Morgan fingerprint density at radius 2 is 1.71 bits per heavy atom. The number of thioether (sulfide) groups is 1. The average Bonchev–Trinajstić information content (AvgIpc) is 3.38. The number of amides is 1. The Morgan fingerprint density at radius 3 is 2.34 bits per heavy atom. The van der Waals surface area contributed by atoms with Crippen molar-refractivity contribution in [3.05, 3.63) is 48.0 Å². The van der Waals surface area contributed by atoms with Crippen LogP contribution in [0.25, 0.3) is 10.2 Å². The predicted octanol–water partition coefficient (Wildman–Crippen LogP) is 5.96. The van der Waals surface area contributed by atoms with Gasteiger partial charge in [0.1, 0.15) is 0 Å². The second-order valence-electron chi connectivity index (χ2n) is 9.65. The first-order valence-electron chi connectivity index (χ1n) is 13.3. The molecule has 0 spiro atoms. The first-order valence-corrected chi connectivity index (χ1v) is 16.8. The highest BCUT2D eigenvalue weighted by atomic mass is 32.2. The van der Waals surface area contributed by atoms with E-state index in [1.807, 2.05) is 18.4 Å². The van der Waals surface area contributed by atoms with Gasteiger partial charge in [0.05, 0.1) is 15.1 Å². The quantitative estimate of drug-likeness (QED) is 0.263. The minimum Gasteiger partial charge on any atom is -0.302 e. The van der Waals surface area contributed by atoms with Gasteiger partial charge in [-0.15, -0.1) is 11.8 Å². The highest BCUT2D eigenvalue weighted by molar-refractivity contribution is 7.98. The highest BCUT2D eigenvalue weighted by Gasteiger charge is 2.29. The van der Waals surface area contributed by atoms with E-state index in [2.05, 4.69) is 24.8 Å². The molecule has 0 N–H and O–H groups in total. The second-order valence-corrected chi connectivity index (χ2v) is 13.5. The van der Waals surface area contributed by atoms with Crippen LogP contribution in [0.15, 0.2) is 52.3 Å². The van der Waals surface area contributed by atoms with Gasteiger partial charge in [-0.1, -0.05) is 44.4 Å². The number of anilines is 1. The Labute approximate surface area is 235 Å². The van der Waals surface area contributed by atoms with Gasteiger partial charge in [0.2, 0.25) is 10.0 Å². The van der Waals surface area contributed by atoms with E-state index in [0.29, 0.717) is 17.2 Å². The molecule has 1 aliphatic rings. The summed E-state index contributed by atoms with van der Waals surface area (Å²) in [7, 11) is -1.94. The van der Waals surface area contributed by atoms with Gasteiger partial charge in [0.25, 0.3) is 5.91 Å². The predicted molar refractivity (Wildman–Crippen MR) is 159 cm³/mol. The number of thiazole rings is 1. The van der Waals surface area contributed by atoms with Crippen molar-refractivity contribution in [3.63, 3.8) is 0 Å². The lowest BCUT2D eigenvalue weighted by Crippen LogP contribution is -2.39. The van der Waals surface area contributed by atoms with E-state index in [9.17, 15) is 13.2 Å². The minimum absolute atomic E-state index is 0.0382. The Balaban J connectivity index is 1.60. The van der Waals surface area contributed by atoms with Crippen LogP contribution in [0.4, 0.5) is 5.13 Å². The highest BCUT2D eigenvalue weighted by Crippen LogP contribution is 2.33. The number of hydrogen-bond acceptors (Lipinski definition) is 7.